The average Bonchev–Trinajstić information content (AvgIpc) is 2.51. The van der Waals surface area contributed by atoms with E-state index in [-0.39, 0.29) is 25.7 Å². The predicted octanol–water partition coefficient (Wildman–Crippen LogP) is 20.9. The quantitative estimate of drug-likeness (QED) is 0.0222. The number of hydrogen-bond donors (Lipinski definition) is 3. The third-order valence-electron chi connectivity index (χ3n) is 17.2. The fourth-order valence-corrected chi connectivity index (χ4v) is 12.6. The lowest BCUT2D eigenvalue weighted by molar-refractivity contribution is -0.161. The van der Waals surface area contributed by atoms with E-state index >= 15 is 0 Å². The van der Waals surface area contributed by atoms with Gasteiger partial charge < -0.3 is 33.8 Å². The molecule has 546 valence electrons. The highest BCUT2D eigenvalue weighted by atomic mass is 31.2. The summed E-state index contributed by atoms with van der Waals surface area (Å²) in [6.07, 6.45) is 46.0. The van der Waals surface area contributed by atoms with Crippen molar-refractivity contribution in [1.29, 1.82) is 0 Å². The van der Waals surface area contributed by atoms with Crippen molar-refractivity contribution >= 4 is 39.5 Å². The number of rotatable bonds is 70. The van der Waals surface area contributed by atoms with Crippen molar-refractivity contribution in [2.24, 2.45) is 23.7 Å². The normalized spacial score (nSPS) is 14.5. The Hall–Kier alpha value is -1.94. The van der Waals surface area contributed by atoms with E-state index in [1.807, 2.05) is 0 Å². The van der Waals surface area contributed by atoms with Crippen molar-refractivity contribution < 1.29 is 80.2 Å². The lowest BCUT2D eigenvalue weighted by Gasteiger charge is -2.21. The monoisotopic (exact) mass is 1350 g/mol. The molecule has 0 bridgehead atoms. The Bertz CT molecular complexity index is 1820. The summed E-state index contributed by atoms with van der Waals surface area (Å²) < 4.78 is 68.3. The molecule has 0 spiro atoms. The van der Waals surface area contributed by atoms with Crippen LogP contribution >= 0.6 is 15.6 Å². The Morgan fingerprint density at radius 3 is 0.772 bits per heavy atom. The number of phosphoric acid groups is 2. The third-order valence-corrected chi connectivity index (χ3v) is 19.1. The van der Waals surface area contributed by atoms with E-state index in [9.17, 15) is 43.2 Å². The SMILES string of the molecule is CCC(C)CCCCCCCCCCCCCCCCC(=O)O[C@H](COC(=O)CCCCCCCCCCCCCCC(C)C)COP(=O)(O)OCC(O)COP(=O)(O)OC[C@@H](COC(=O)CCCCCCCCCC(C)C)OC(=O)CCCCCCCCC(C)C. The van der Waals surface area contributed by atoms with Crippen LogP contribution in [0.3, 0.4) is 0 Å². The molecule has 0 radical (unpaired) electrons. The predicted molar refractivity (Wildman–Crippen MR) is 372 cm³/mol. The zero-order chi connectivity index (χ0) is 68.2. The number of unbranched alkanes of at least 4 members (excludes halogenated alkanes) is 35. The number of carbonyl (C=O) groups excluding carboxylic acids is 4. The van der Waals surface area contributed by atoms with Gasteiger partial charge in [0.1, 0.15) is 19.3 Å². The van der Waals surface area contributed by atoms with Gasteiger partial charge in [-0.3, -0.25) is 37.3 Å². The lowest BCUT2D eigenvalue weighted by Crippen LogP contribution is -2.30. The second-order valence-electron chi connectivity index (χ2n) is 28.0. The van der Waals surface area contributed by atoms with E-state index in [0.717, 1.165) is 108 Å². The molecule has 0 rings (SSSR count). The van der Waals surface area contributed by atoms with Crippen LogP contribution in [0.25, 0.3) is 0 Å². The Labute approximate surface area is 562 Å². The number of ether oxygens (including phenoxy) is 4. The van der Waals surface area contributed by atoms with Gasteiger partial charge in [-0.2, -0.15) is 0 Å². The van der Waals surface area contributed by atoms with E-state index in [1.165, 1.54) is 161 Å². The highest BCUT2D eigenvalue weighted by Gasteiger charge is 2.30. The Morgan fingerprint density at radius 2 is 0.522 bits per heavy atom. The van der Waals surface area contributed by atoms with Crippen LogP contribution in [0.2, 0.25) is 0 Å². The molecule has 0 aliphatic carbocycles. The van der Waals surface area contributed by atoms with Gasteiger partial charge in [-0.15, -0.1) is 0 Å². The third kappa shape index (κ3) is 65.4. The molecule has 3 N–H and O–H groups in total. The molecule has 0 saturated carbocycles. The molecule has 92 heavy (non-hydrogen) atoms. The summed E-state index contributed by atoms with van der Waals surface area (Å²) in [5, 5.41) is 10.6. The highest BCUT2D eigenvalue weighted by Crippen LogP contribution is 2.45. The number of aliphatic hydroxyl groups is 1. The first-order valence-electron chi connectivity index (χ1n) is 37.7. The maximum absolute atomic E-state index is 13.1. The van der Waals surface area contributed by atoms with Crippen LogP contribution in [0.15, 0.2) is 0 Å². The van der Waals surface area contributed by atoms with Gasteiger partial charge in [0.25, 0.3) is 0 Å². The summed E-state index contributed by atoms with van der Waals surface area (Å²) in [6.45, 7) is 14.1. The van der Waals surface area contributed by atoms with E-state index in [2.05, 4.69) is 55.4 Å². The summed E-state index contributed by atoms with van der Waals surface area (Å²) in [7, 11) is -9.91. The van der Waals surface area contributed by atoms with Crippen molar-refractivity contribution in [2.75, 3.05) is 39.6 Å². The van der Waals surface area contributed by atoms with E-state index < -0.39 is 97.5 Å². The van der Waals surface area contributed by atoms with Crippen LogP contribution in [0.1, 0.15) is 364 Å². The molecule has 19 heteroatoms. The van der Waals surface area contributed by atoms with Gasteiger partial charge in [-0.1, -0.05) is 312 Å². The first-order chi connectivity index (χ1) is 44.1. The molecule has 0 heterocycles. The zero-order valence-electron chi connectivity index (χ0n) is 60.2. The average molecular weight is 1350 g/mol. The molecular weight excluding hydrogens is 1210 g/mol. The molecule has 17 nitrogen and oxygen atoms in total. The van der Waals surface area contributed by atoms with Gasteiger partial charge in [-0.25, -0.2) is 9.13 Å². The molecule has 0 amide bonds. The first kappa shape index (κ1) is 90.1. The lowest BCUT2D eigenvalue weighted by atomic mass is 9.99. The minimum atomic E-state index is -4.96. The van der Waals surface area contributed by atoms with E-state index in [4.69, 9.17) is 37.0 Å². The summed E-state index contributed by atoms with van der Waals surface area (Å²) in [5.41, 5.74) is 0. The van der Waals surface area contributed by atoms with Gasteiger partial charge in [0.15, 0.2) is 12.2 Å². The molecule has 4 unspecified atom stereocenters. The van der Waals surface area contributed by atoms with Gasteiger partial charge in [0.2, 0.25) is 0 Å². The molecule has 0 aliphatic rings. The van der Waals surface area contributed by atoms with Crippen molar-refractivity contribution in [3.05, 3.63) is 0 Å². The number of aliphatic hydroxyl groups excluding tert-OH is 1. The molecule has 0 aromatic carbocycles. The topological polar surface area (TPSA) is 237 Å². The zero-order valence-corrected chi connectivity index (χ0v) is 62.0. The second kappa shape index (κ2) is 62.6. The van der Waals surface area contributed by atoms with Gasteiger partial charge in [-0.05, 0) is 49.4 Å². The van der Waals surface area contributed by atoms with E-state index in [0.29, 0.717) is 37.5 Å². The summed E-state index contributed by atoms with van der Waals surface area (Å²) in [4.78, 5) is 72.6. The van der Waals surface area contributed by atoms with Crippen LogP contribution < -0.4 is 0 Å². The van der Waals surface area contributed by atoms with Crippen LogP contribution in [-0.2, 0) is 65.4 Å². The summed E-state index contributed by atoms with van der Waals surface area (Å²) in [6, 6.07) is 0. The molecule has 0 aromatic rings. The maximum Gasteiger partial charge on any atom is 0.472 e. The fourth-order valence-electron chi connectivity index (χ4n) is 11.0. The molecule has 0 aromatic heterocycles. The number of hydrogen-bond acceptors (Lipinski definition) is 15. The highest BCUT2D eigenvalue weighted by molar-refractivity contribution is 7.47. The van der Waals surface area contributed by atoms with Gasteiger partial charge >= 0.3 is 39.5 Å². The number of carbonyl (C=O) groups is 4. The Kier molecular flexibility index (Phi) is 61.3. The minimum absolute atomic E-state index is 0.101. The Balaban J connectivity index is 5.22. The first-order valence-corrected chi connectivity index (χ1v) is 40.7. The smallest absolute Gasteiger partial charge is 0.462 e. The van der Waals surface area contributed by atoms with E-state index in [1.54, 1.807) is 0 Å². The van der Waals surface area contributed by atoms with Crippen molar-refractivity contribution in [3.63, 3.8) is 0 Å². The molecule has 0 fully saturated rings. The maximum atomic E-state index is 13.1. The summed E-state index contributed by atoms with van der Waals surface area (Å²) >= 11 is 0. The van der Waals surface area contributed by atoms with Gasteiger partial charge in [0, 0.05) is 25.7 Å². The largest absolute Gasteiger partial charge is 0.472 e. The van der Waals surface area contributed by atoms with Crippen molar-refractivity contribution in [3.8, 4) is 0 Å². The minimum Gasteiger partial charge on any atom is -0.462 e. The molecule has 6 atom stereocenters. The van der Waals surface area contributed by atoms with Crippen LogP contribution in [0.5, 0.6) is 0 Å². The van der Waals surface area contributed by atoms with Crippen LogP contribution in [-0.4, -0.2) is 96.7 Å². The Morgan fingerprint density at radius 1 is 0.304 bits per heavy atom. The van der Waals surface area contributed by atoms with Crippen LogP contribution in [0.4, 0.5) is 0 Å². The molecule has 0 saturated heterocycles. The number of esters is 4. The number of phosphoric ester groups is 2. The summed E-state index contributed by atoms with van der Waals surface area (Å²) in [5.74, 6) is 0.872. The van der Waals surface area contributed by atoms with Crippen molar-refractivity contribution in [2.45, 2.75) is 382 Å². The van der Waals surface area contributed by atoms with Crippen LogP contribution in [0, 0.1) is 23.7 Å². The molecule has 0 aliphatic heterocycles. The van der Waals surface area contributed by atoms with Gasteiger partial charge in [0.05, 0.1) is 26.4 Å². The molecular formula is C73H142O17P2. The van der Waals surface area contributed by atoms with Crippen molar-refractivity contribution in [1.82, 2.24) is 0 Å². The second-order valence-corrected chi connectivity index (χ2v) is 30.9. The standard InChI is InChI=1S/C73H142O17P2/c1-9-66(8)52-44-36-27-21-17-12-10-11-13-19-23-29-39-47-55-72(77)89-68(59-83-70(75)53-45-37-28-22-18-15-14-16-20-25-33-41-49-63(2)3)61-87-91(79,80)85-57-67(74)58-86-92(81,82)88-62-69(90-73(78)56-48-40-32-31-35-43-51-65(6)7)60-84-71(76)54-46-38-30-24-26-34-42-50-64(4)5/h63-69,74H,9-62H2,1-8H3,(H,79,80)(H,81,82)/t66?,67?,68-,69-/m1/s1. The fraction of sp³-hybridized carbons (Fsp3) is 0.945.